The molecule has 3 N–H and O–H groups in total. The summed E-state index contributed by atoms with van der Waals surface area (Å²) in [5.74, 6) is -1.84. The van der Waals surface area contributed by atoms with Crippen LogP contribution in [0.2, 0.25) is 0 Å². The molecule has 3 aromatic carbocycles. The number of oxime groups is 1. The number of carbonyl (C=O) groups is 2. The third kappa shape index (κ3) is 9.61. The average molecular weight is 824 g/mol. The molecule has 0 saturated heterocycles. The summed E-state index contributed by atoms with van der Waals surface area (Å²) in [5.41, 5.74) is 4.16. The van der Waals surface area contributed by atoms with Crippen LogP contribution in [0.25, 0.3) is 0 Å². The molecule has 320 valence electrons. The molecule has 60 heavy (non-hydrogen) atoms. The zero-order valence-corrected chi connectivity index (χ0v) is 34.5. The molecule has 0 radical (unpaired) electrons. The van der Waals surface area contributed by atoms with Gasteiger partial charge in [-0.3, -0.25) is 4.79 Å². The minimum absolute atomic E-state index is 0.00252. The molecular formula is C48H58FN3O8. The lowest BCUT2D eigenvalue weighted by Gasteiger charge is -2.60. The van der Waals surface area contributed by atoms with Gasteiger partial charge in [-0.1, -0.05) is 72.6 Å². The summed E-state index contributed by atoms with van der Waals surface area (Å²) < 4.78 is 34.5. The van der Waals surface area contributed by atoms with Gasteiger partial charge in [-0.2, -0.15) is 0 Å². The van der Waals surface area contributed by atoms with E-state index in [1.807, 2.05) is 54.3 Å². The number of hydrogen-bond acceptors (Lipinski definition) is 9. The van der Waals surface area contributed by atoms with Gasteiger partial charge in [0.25, 0.3) is 0 Å². The second kappa shape index (κ2) is 20.0. The van der Waals surface area contributed by atoms with E-state index in [9.17, 15) is 24.2 Å². The second-order valence-electron chi connectivity index (χ2n) is 16.3. The summed E-state index contributed by atoms with van der Waals surface area (Å²) in [4.78, 5) is 35.6. The van der Waals surface area contributed by atoms with E-state index in [1.54, 1.807) is 24.3 Å². The van der Waals surface area contributed by atoms with Gasteiger partial charge in [0, 0.05) is 50.1 Å². The average Bonchev–Trinajstić information content (AvgIpc) is 4.12. The molecule has 2 amide bonds. The molecule has 2 saturated carbocycles. The van der Waals surface area contributed by atoms with Crippen LogP contribution < -0.4 is 14.8 Å². The molecule has 0 spiro atoms. The quantitative estimate of drug-likeness (QED) is 0.0589. The van der Waals surface area contributed by atoms with Crippen molar-refractivity contribution >= 4 is 17.7 Å². The van der Waals surface area contributed by atoms with Crippen molar-refractivity contribution in [2.45, 2.75) is 95.5 Å². The van der Waals surface area contributed by atoms with E-state index in [4.69, 9.17) is 24.2 Å². The lowest BCUT2D eigenvalue weighted by Crippen LogP contribution is -2.70. The number of nitrogens with one attached hydrogen (secondary N) is 1. The molecule has 3 aliphatic carbocycles. The second-order valence-corrected chi connectivity index (χ2v) is 16.3. The van der Waals surface area contributed by atoms with Crippen LogP contribution in [0.1, 0.15) is 87.3 Å². The first-order valence-electron chi connectivity index (χ1n) is 21.5. The van der Waals surface area contributed by atoms with Crippen LogP contribution in [0.4, 0.5) is 9.18 Å². The van der Waals surface area contributed by atoms with Gasteiger partial charge in [0.15, 0.2) is 0 Å². The zero-order valence-electron chi connectivity index (χ0n) is 34.5. The van der Waals surface area contributed by atoms with E-state index in [0.717, 1.165) is 60.8 Å². The van der Waals surface area contributed by atoms with Crippen molar-refractivity contribution in [3.05, 3.63) is 120 Å². The number of aliphatic hydroxyl groups excluding tert-OH is 2. The number of carbonyl (C=O) groups excluding carboxylic acids is 2. The van der Waals surface area contributed by atoms with Crippen LogP contribution >= 0.6 is 0 Å². The highest BCUT2D eigenvalue weighted by Crippen LogP contribution is 2.62. The SMILES string of the molecule is C=CCO[C@@]12Oc3ccc(OC(=O)NCc4ccccc4)cc3[C@H]3[C@H](CCCCO)[C@@H](CCCCO)C=C(C(=NOCC)C[C@@H]1N(Cc1ccc(F)cc1)C(=O)C1CC1)[C@H]32. The summed E-state index contributed by atoms with van der Waals surface area (Å²) in [7, 11) is 0. The first kappa shape index (κ1) is 43.1. The lowest BCUT2D eigenvalue weighted by molar-refractivity contribution is -0.258. The van der Waals surface area contributed by atoms with Crippen LogP contribution in [0.15, 0.2) is 102 Å². The first-order chi connectivity index (χ1) is 29.3. The molecule has 0 bridgehead atoms. The van der Waals surface area contributed by atoms with Gasteiger partial charge in [0.2, 0.25) is 11.7 Å². The van der Waals surface area contributed by atoms with E-state index in [2.05, 4.69) is 18.0 Å². The lowest BCUT2D eigenvalue weighted by atomic mass is 9.55. The van der Waals surface area contributed by atoms with Crippen LogP contribution in [0, 0.1) is 29.5 Å². The predicted octanol–water partition coefficient (Wildman–Crippen LogP) is 8.21. The predicted molar refractivity (Wildman–Crippen MR) is 226 cm³/mol. The number of fused-ring (bicyclic) bond motifs is 2. The maximum absolute atomic E-state index is 14.6. The molecular weight excluding hydrogens is 766 g/mol. The fraction of sp³-hybridized carbons (Fsp3) is 0.479. The largest absolute Gasteiger partial charge is 0.459 e. The van der Waals surface area contributed by atoms with E-state index >= 15 is 0 Å². The summed E-state index contributed by atoms with van der Waals surface area (Å²) in [5, 5.41) is 27.4. The Balaban J connectivity index is 1.39. The van der Waals surface area contributed by atoms with Gasteiger partial charge in [0.05, 0.1) is 18.2 Å². The molecule has 0 unspecified atom stereocenters. The monoisotopic (exact) mass is 823 g/mol. The molecule has 1 heterocycles. The van der Waals surface area contributed by atoms with Crippen molar-refractivity contribution in [3.63, 3.8) is 0 Å². The van der Waals surface area contributed by atoms with E-state index in [1.165, 1.54) is 12.1 Å². The maximum atomic E-state index is 14.6. The van der Waals surface area contributed by atoms with Crippen LogP contribution in [-0.4, -0.2) is 71.1 Å². The smallest absolute Gasteiger partial charge is 0.412 e. The highest BCUT2D eigenvalue weighted by atomic mass is 19.1. The molecule has 7 rings (SSSR count). The van der Waals surface area contributed by atoms with Gasteiger partial charge < -0.3 is 39.5 Å². The first-order valence-corrected chi connectivity index (χ1v) is 21.5. The maximum Gasteiger partial charge on any atom is 0.412 e. The van der Waals surface area contributed by atoms with Crippen molar-refractivity contribution in [2.24, 2.45) is 28.8 Å². The Morgan fingerprint density at radius 2 is 1.75 bits per heavy atom. The normalized spacial score (nSPS) is 24.6. The number of aliphatic hydroxyl groups is 2. The van der Waals surface area contributed by atoms with Crippen molar-refractivity contribution in [2.75, 3.05) is 26.4 Å². The number of allylic oxidation sites excluding steroid dienone is 1. The molecule has 12 heteroatoms. The Kier molecular flexibility index (Phi) is 14.4. The number of nitrogens with zero attached hydrogens (tertiary/aromatic N) is 2. The van der Waals surface area contributed by atoms with Crippen molar-refractivity contribution in [1.29, 1.82) is 0 Å². The summed E-state index contributed by atoms with van der Waals surface area (Å²) in [6, 6.07) is 20.5. The van der Waals surface area contributed by atoms with E-state index in [0.29, 0.717) is 43.2 Å². The van der Waals surface area contributed by atoms with Gasteiger partial charge in [-0.05, 0) is 104 Å². The van der Waals surface area contributed by atoms with Crippen molar-refractivity contribution < 1.29 is 43.2 Å². The van der Waals surface area contributed by atoms with Gasteiger partial charge >= 0.3 is 6.09 Å². The molecule has 1 aliphatic heterocycles. The molecule has 11 nitrogen and oxygen atoms in total. The summed E-state index contributed by atoms with van der Waals surface area (Å²) >= 11 is 0. The fourth-order valence-corrected chi connectivity index (χ4v) is 9.46. The van der Waals surface area contributed by atoms with E-state index in [-0.39, 0.29) is 68.2 Å². The highest BCUT2D eigenvalue weighted by molar-refractivity contribution is 6.03. The Labute approximate surface area is 352 Å². The highest BCUT2D eigenvalue weighted by Gasteiger charge is 2.66. The number of unbranched alkanes of at least 4 members (excludes halogenated alkanes) is 2. The van der Waals surface area contributed by atoms with Gasteiger partial charge in [-0.15, -0.1) is 6.58 Å². The fourth-order valence-electron chi connectivity index (χ4n) is 9.46. The Morgan fingerprint density at radius 1 is 1.00 bits per heavy atom. The number of hydrogen-bond donors (Lipinski definition) is 3. The third-order valence-corrected chi connectivity index (χ3v) is 12.3. The van der Waals surface area contributed by atoms with Gasteiger partial charge in [-0.25, -0.2) is 9.18 Å². The summed E-state index contributed by atoms with van der Waals surface area (Å²) in [6.45, 7) is 7.00. The number of ether oxygens (including phenoxy) is 3. The minimum Gasteiger partial charge on any atom is -0.459 e. The molecule has 2 fully saturated rings. The van der Waals surface area contributed by atoms with E-state index < -0.39 is 23.8 Å². The van der Waals surface area contributed by atoms with Crippen LogP contribution in [0.5, 0.6) is 11.5 Å². The number of amides is 2. The van der Waals surface area contributed by atoms with Crippen molar-refractivity contribution in [1.82, 2.24) is 10.2 Å². The molecule has 4 aliphatic rings. The standard InChI is InChI=1S/C48H58FN3O8/c1-3-26-57-48-43(52(46(55)34-18-19-34)31-33-16-20-36(49)21-17-33)29-41(51-58-4-2)39-27-35(14-8-10-24-53)38(15-9-11-25-54)44(45(39)48)40-28-37(22-23-42(40)60-48)59-47(56)50-30-32-12-6-5-7-13-32/h3,5-7,12-13,16-17,20-23,27-28,34-35,38,43-45,53-54H,1,4,8-11,14-15,18-19,24-26,29-31H2,2H3,(H,50,56)/t35-,38+,43-,44+,45+,48+/m0/s1. The van der Waals surface area contributed by atoms with Crippen LogP contribution in [-0.2, 0) is 27.5 Å². The van der Waals surface area contributed by atoms with Crippen molar-refractivity contribution in [3.8, 4) is 11.5 Å². The molecule has 3 aromatic rings. The van der Waals surface area contributed by atoms with Crippen LogP contribution in [0.3, 0.4) is 0 Å². The number of rotatable bonds is 20. The Morgan fingerprint density at radius 3 is 2.45 bits per heavy atom. The molecule has 0 aromatic heterocycles. The van der Waals surface area contributed by atoms with Gasteiger partial charge in [0.1, 0.15) is 30.0 Å². The third-order valence-electron chi connectivity index (χ3n) is 12.3. The number of halogens is 1. The molecule has 6 atom stereocenters. The topological polar surface area (TPSA) is 139 Å². The zero-order chi connectivity index (χ0) is 42.1. The number of benzene rings is 3. The Bertz CT molecular complexity index is 2000. The Hall–Kier alpha value is -5.04. The minimum atomic E-state index is -1.44. The summed E-state index contributed by atoms with van der Waals surface area (Å²) in [6.07, 6.45) is 9.60.